The summed E-state index contributed by atoms with van der Waals surface area (Å²) in [5.41, 5.74) is -0.140. The summed E-state index contributed by atoms with van der Waals surface area (Å²) >= 11 is 0. The van der Waals surface area contributed by atoms with Gasteiger partial charge < -0.3 is 10.4 Å². The van der Waals surface area contributed by atoms with Crippen LogP contribution in [-0.2, 0) is 6.54 Å². The molecule has 0 aliphatic carbocycles. The Labute approximate surface area is 103 Å². The minimum absolute atomic E-state index is 0.140. The third-order valence-electron chi connectivity index (χ3n) is 2.98. The first-order valence-electron chi connectivity index (χ1n) is 6.38. The standard InChI is InChI=1S/C12H24N4O/c1-3-7-14-12(2,9-17)6-4-5-8-16-11-13-10-15-16/h10-11,14,17H,3-9H2,1-2H3. The quantitative estimate of drug-likeness (QED) is 0.637. The molecule has 17 heavy (non-hydrogen) atoms. The molecule has 0 aliphatic rings. The lowest BCUT2D eigenvalue weighted by Crippen LogP contribution is -2.46. The Balaban J connectivity index is 2.18. The van der Waals surface area contributed by atoms with Gasteiger partial charge in [-0.15, -0.1) is 0 Å². The predicted octanol–water partition coefficient (Wildman–Crippen LogP) is 1.20. The molecule has 1 rings (SSSR count). The van der Waals surface area contributed by atoms with Crippen LogP contribution in [0.25, 0.3) is 0 Å². The van der Waals surface area contributed by atoms with Crippen LogP contribution in [-0.4, -0.2) is 38.6 Å². The molecule has 0 amide bonds. The Morgan fingerprint density at radius 3 is 2.82 bits per heavy atom. The number of aliphatic hydroxyl groups excluding tert-OH is 1. The van der Waals surface area contributed by atoms with Crippen LogP contribution in [0.15, 0.2) is 12.7 Å². The van der Waals surface area contributed by atoms with Crippen LogP contribution < -0.4 is 5.32 Å². The van der Waals surface area contributed by atoms with Gasteiger partial charge in [0, 0.05) is 12.1 Å². The van der Waals surface area contributed by atoms with E-state index >= 15 is 0 Å². The number of aromatic nitrogens is 3. The average Bonchev–Trinajstić information content (AvgIpc) is 2.85. The number of rotatable bonds is 9. The summed E-state index contributed by atoms with van der Waals surface area (Å²) in [7, 11) is 0. The summed E-state index contributed by atoms with van der Waals surface area (Å²) in [6.45, 7) is 6.26. The Bertz CT molecular complexity index is 289. The van der Waals surface area contributed by atoms with Crippen molar-refractivity contribution in [2.45, 2.75) is 51.6 Å². The van der Waals surface area contributed by atoms with Crippen molar-refractivity contribution in [1.82, 2.24) is 20.1 Å². The maximum Gasteiger partial charge on any atom is 0.137 e. The van der Waals surface area contributed by atoms with Gasteiger partial charge in [0.15, 0.2) is 0 Å². The van der Waals surface area contributed by atoms with Crippen molar-refractivity contribution >= 4 is 0 Å². The summed E-state index contributed by atoms with van der Waals surface area (Å²) in [6, 6.07) is 0. The van der Waals surface area contributed by atoms with Crippen LogP contribution in [0, 0.1) is 0 Å². The van der Waals surface area contributed by atoms with E-state index in [1.807, 2.05) is 4.68 Å². The smallest absolute Gasteiger partial charge is 0.137 e. The maximum atomic E-state index is 9.41. The van der Waals surface area contributed by atoms with Crippen molar-refractivity contribution in [3.8, 4) is 0 Å². The monoisotopic (exact) mass is 240 g/mol. The molecule has 0 radical (unpaired) electrons. The Morgan fingerprint density at radius 1 is 1.41 bits per heavy atom. The zero-order chi connectivity index (χ0) is 12.6. The summed E-state index contributed by atoms with van der Waals surface area (Å²) in [5, 5.41) is 16.9. The minimum atomic E-state index is -0.140. The number of nitrogens with one attached hydrogen (secondary N) is 1. The average molecular weight is 240 g/mol. The predicted molar refractivity (Wildman–Crippen MR) is 67.7 cm³/mol. The molecule has 0 bridgehead atoms. The van der Waals surface area contributed by atoms with Crippen LogP contribution >= 0.6 is 0 Å². The lowest BCUT2D eigenvalue weighted by Gasteiger charge is -2.28. The zero-order valence-electron chi connectivity index (χ0n) is 10.9. The molecule has 0 aliphatic heterocycles. The fourth-order valence-corrected chi connectivity index (χ4v) is 1.79. The van der Waals surface area contributed by atoms with Gasteiger partial charge in [-0.1, -0.05) is 6.92 Å². The molecule has 5 heteroatoms. The van der Waals surface area contributed by atoms with Crippen molar-refractivity contribution in [2.24, 2.45) is 0 Å². The first-order chi connectivity index (χ1) is 8.20. The molecule has 2 N–H and O–H groups in total. The van der Waals surface area contributed by atoms with Crippen molar-refractivity contribution in [2.75, 3.05) is 13.2 Å². The highest BCUT2D eigenvalue weighted by atomic mass is 16.3. The molecule has 0 aromatic carbocycles. The van der Waals surface area contributed by atoms with E-state index in [1.165, 1.54) is 0 Å². The molecule has 98 valence electrons. The third-order valence-corrected chi connectivity index (χ3v) is 2.98. The molecule has 0 spiro atoms. The summed E-state index contributed by atoms with van der Waals surface area (Å²) < 4.78 is 1.84. The van der Waals surface area contributed by atoms with Crippen molar-refractivity contribution in [3.63, 3.8) is 0 Å². The van der Waals surface area contributed by atoms with Gasteiger partial charge in [-0.3, -0.25) is 4.68 Å². The third kappa shape index (κ3) is 5.28. The molecular formula is C12H24N4O. The van der Waals surface area contributed by atoms with E-state index in [-0.39, 0.29) is 12.1 Å². The lowest BCUT2D eigenvalue weighted by atomic mass is 9.95. The van der Waals surface area contributed by atoms with Gasteiger partial charge in [0.1, 0.15) is 12.7 Å². The first-order valence-corrected chi connectivity index (χ1v) is 6.38. The largest absolute Gasteiger partial charge is 0.394 e. The maximum absolute atomic E-state index is 9.41. The van der Waals surface area contributed by atoms with Gasteiger partial charge in [0.2, 0.25) is 0 Å². The molecule has 1 aromatic rings. The van der Waals surface area contributed by atoms with E-state index in [9.17, 15) is 5.11 Å². The normalized spacial score (nSPS) is 14.8. The molecule has 1 heterocycles. The second kappa shape index (κ2) is 7.40. The summed E-state index contributed by atoms with van der Waals surface area (Å²) in [4.78, 5) is 3.91. The van der Waals surface area contributed by atoms with E-state index < -0.39 is 0 Å². The highest BCUT2D eigenvalue weighted by molar-refractivity contribution is 4.81. The summed E-state index contributed by atoms with van der Waals surface area (Å²) in [5.74, 6) is 0. The van der Waals surface area contributed by atoms with Crippen molar-refractivity contribution in [1.29, 1.82) is 0 Å². The molecular weight excluding hydrogens is 216 g/mol. The Kier molecular flexibility index (Phi) is 6.15. The molecule has 1 aromatic heterocycles. The molecule has 0 fully saturated rings. The number of aryl methyl sites for hydroxylation is 1. The first kappa shape index (κ1) is 14.1. The van der Waals surface area contributed by atoms with E-state index in [4.69, 9.17) is 0 Å². The topological polar surface area (TPSA) is 63.0 Å². The van der Waals surface area contributed by atoms with Gasteiger partial charge in [-0.25, -0.2) is 4.98 Å². The van der Waals surface area contributed by atoms with E-state index in [1.54, 1.807) is 12.7 Å². The lowest BCUT2D eigenvalue weighted by molar-refractivity contribution is 0.162. The number of nitrogens with zero attached hydrogens (tertiary/aromatic N) is 3. The SMILES string of the molecule is CCCNC(C)(CO)CCCCn1cncn1. The fourth-order valence-electron chi connectivity index (χ4n) is 1.79. The molecule has 0 saturated heterocycles. The van der Waals surface area contributed by atoms with Crippen LogP contribution in [0.3, 0.4) is 0 Å². The second-order valence-corrected chi connectivity index (χ2v) is 4.76. The van der Waals surface area contributed by atoms with Crippen molar-refractivity contribution < 1.29 is 5.11 Å². The second-order valence-electron chi connectivity index (χ2n) is 4.76. The van der Waals surface area contributed by atoms with Gasteiger partial charge >= 0.3 is 0 Å². The number of unbranched alkanes of at least 4 members (excludes halogenated alkanes) is 1. The fraction of sp³-hybridized carbons (Fsp3) is 0.833. The van der Waals surface area contributed by atoms with Crippen molar-refractivity contribution in [3.05, 3.63) is 12.7 Å². The van der Waals surface area contributed by atoms with Gasteiger partial charge in [0.25, 0.3) is 0 Å². The van der Waals surface area contributed by atoms with Gasteiger partial charge in [0.05, 0.1) is 6.61 Å². The zero-order valence-corrected chi connectivity index (χ0v) is 10.9. The van der Waals surface area contributed by atoms with Crippen LogP contribution in [0.2, 0.25) is 0 Å². The van der Waals surface area contributed by atoms with E-state index in [0.29, 0.717) is 0 Å². The molecule has 0 saturated carbocycles. The Morgan fingerprint density at radius 2 is 2.24 bits per heavy atom. The number of aliphatic hydroxyl groups is 1. The Hall–Kier alpha value is -0.940. The number of hydrogen-bond donors (Lipinski definition) is 2. The highest BCUT2D eigenvalue weighted by Gasteiger charge is 2.21. The molecule has 5 nitrogen and oxygen atoms in total. The minimum Gasteiger partial charge on any atom is -0.394 e. The van der Waals surface area contributed by atoms with Crippen LogP contribution in [0.5, 0.6) is 0 Å². The van der Waals surface area contributed by atoms with Crippen LogP contribution in [0.4, 0.5) is 0 Å². The number of hydrogen-bond acceptors (Lipinski definition) is 4. The van der Waals surface area contributed by atoms with Gasteiger partial charge in [-0.05, 0) is 39.2 Å². The molecule has 1 unspecified atom stereocenters. The van der Waals surface area contributed by atoms with E-state index in [2.05, 4.69) is 29.2 Å². The van der Waals surface area contributed by atoms with Crippen LogP contribution in [0.1, 0.15) is 39.5 Å². The molecule has 1 atom stereocenters. The van der Waals surface area contributed by atoms with Gasteiger partial charge in [-0.2, -0.15) is 5.10 Å². The summed E-state index contributed by atoms with van der Waals surface area (Å²) in [6.07, 6.45) is 7.51. The highest BCUT2D eigenvalue weighted by Crippen LogP contribution is 2.13. The van der Waals surface area contributed by atoms with E-state index in [0.717, 1.165) is 38.8 Å².